The van der Waals surface area contributed by atoms with Crippen LogP contribution in [0.4, 0.5) is 0 Å². The van der Waals surface area contributed by atoms with Crippen LogP contribution in [0.25, 0.3) is 0 Å². The summed E-state index contributed by atoms with van der Waals surface area (Å²) in [5.41, 5.74) is 6.05. The Morgan fingerprint density at radius 2 is 1.91 bits per heavy atom. The van der Waals surface area contributed by atoms with E-state index >= 15 is 0 Å². The highest BCUT2D eigenvalue weighted by Gasteiger charge is 2.42. The van der Waals surface area contributed by atoms with Crippen molar-refractivity contribution in [1.82, 2.24) is 4.90 Å². The molecular formula is C15H19ClN2O3S. The Labute approximate surface area is 135 Å². The normalized spacial score (nSPS) is 27.9. The van der Waals surface area contributed by atoms with Gasteiger partial charge in [0.1, 0.15) is 5.75 Å². The topological polar surface area (TPSA) is 80.5 Å². The number of benzene rings is 1. The van der Waals surface area contributed by atoms with E-state index in [4.69, 9.17) is 17.3 Å². The van der Waals surface area contributed by atoms with Crippen molar-refractivity contribution >= 4 is 27.3 Å². The van der Waals surface area contributed by atoms with Crippen LogP contribution in [0.15, 0.2) is 29.2 Å². The Bertz CT molecular complexity index is 675. The number of amides is 1. The van der Waals surface area contributed by atoms with E-state index in [1.54, 1.807) is 4.90 Å². The first kappa shape index (κ1) is 15.8. The fourth-order valence-electron chi connectivity index (χ4n) is 3.49. The second-order valence-corrected chi connectivity index (χ2v) is 8.60. The van der Waals surface area contributed by atoms with Gasteiger partial charge in [0.25, 0.3) is 0 Å². The van der Waals surface area contributed by atoms with Crippen molar-refractivity contribution < 1.29 is 13.2 Å². The third-order valence-electron chi connectivity index (χ3n) is 4.75. The van der Waals surface area contributed by atoms with Gasteiger partial charge in [-0.2, -0.15) is 0 Å². The van der Waals surface area contributed by atoms with Gasteiger partial charge in [-0.15, -0.1) is 0 Å². The van der Waals surface area contributed by atoms with Crippen molar-refractivity contribution in [3.05, 3.63) is 29.3 Å². The lowest BCUT2D eigenvalue weighted by Gasteiger charge is -2.18. The zero-order chi connectivity index (χ0) is 15.9. The molecule has 120 valence electrons. The van der Waals surface area contributed by atoms with Gasteiger partial charge in [0.2, 0.25) is 5.91 Å². The summed E-state index contributed by atoms with van der Waals surface area (Å²) in [6.45, 7) is 1.22. The van der Waals surface area contributed by atoms with Crippen LogP contribution in [0.5, 0.6) is 0 Å². The number of fused-ring (bicyclic) bond motifs is 1. The molecule has 3 unspecified atom stereocenters. The predicted octanol–water partition coefficient (Wildman–Crippen LogP) is 1.31. The van der Waals surface area contributed by atoms with Gasteiger partial charge < -0.3 is 10.6 Å². The summed E-state index contributed by atoms with van der Waals surface area (Å²) in [7, 11) is -3.63. The average Bonchev–Trinajstić information content (AvgIpc) is 3.02. The van der Waals surface area contributed by atoms with E-state index in [9.17, 15) is 13.2 Å². The summed E-state index contributed by atoms with van der Waals surface area (Å²) >= 11 is 5.76. The SMILES string of the molecule is NC1CCC2CN(C(=O)CS(=O)(=O)c3ccc(Cl)cc3)CC12. The van der Waals surface area contributed by atoms with E-state index in [1.807, 2.05) is 0 Å². The molecule has 0 radical (unpaired) electrons. The molecule has 3 atom stereocenters. The highest BCUT2D eigenvalue weighted by Crippen LogP contribution is 2.37. The second-order valence-electron chi connectivity index (χ2n) is 6.18. The molecule has 5 nitrogen and oxygen atoms in total. The molecule has 1 aliphatic heterocycles. The summed E-state index contributed by atoms with van der Waals surface area (Å²) in [4.78, 5) is 14.1. The quantitative estimate of drug-likeness (QED) is 0.898. The van der Waals surface area contributed by atoms with Crippen LogP contribution in [0.3, 0.4) is 0 Å². The standard InChI is InChI=1S/C15H19ClN2O3S/c16-11-2-4-12(5-3-11)22(20,21)9-15(19)18-7-10-1-6-14(17)13(10)8-18/h2-5,10,13-14H,1,6-9,17H2. The molecule has 2 N–H and O–H groups in total. The van der Waals surface area contributed by atoms with Gasteiger partial charge in [-0.1, -0.05) is 11.6 Å². The Balaban J connectivity index is 1.68. The third kappa shape index (κ3) is 3.00. The first-order chi connectivity index (χ1) is 10.4. The van der Waals surface area contributed by atoms with Crippen LogP contribution in [0, 0.1) is 11.8 Å². The van der Waals surface area contributed by atoms with Gasteiger partial charge in [0.05, 0.1) is 4.90 Å². The minimum atomic E-state index is -3.63. The van der Waals surface area contributed by atoms with Crippen LogP contribution in [0.1, 0.15) is 12.8 Å². The molecule has 1 amide bonds. The number of halogens is 1. The zero-order valence-electron chi connectivity index (χ0n) is 12.1. The lowest BCUT2D eigenvalue weighted by molar-refractivity contribution is -0.127. The molecule has 1 saturated carbocycles. The maximum absolute atomic E-state index is 12.3. The molecular weight excluding hydrogens is 324 g/mol. The van der Waals surface area contributed by atoms with Crippen molar-refractivity contribution in [1.29, 1.82) is 0 Å². The highest BCUT2D eigenvalue weighted by atomic mass is 35.5. The minimum absolute atomic E-state index is 0.126. The van der Waals surface area contributed by atoms with E-state index in [0.29, 0.717) is 29.9 Å². The van der Waals surface area contributed by atoms with Crippen molar-refractivity contribution in [2.75, 3.05) is 18.8 Å². The molecule has 1 heterocycles. The van der Waals surface area contributed by atoms with E-state index in [1.165, 1.54) is 24.3 Å². The van der Waals surface area contributed by atoms with Gasteiger partial charge in [0.15, 0.2) is 9.84 Å². The maximum atomic E-state index is 12.3. The molecule has 1 aliphatic carbocycles. The smallest absolute Gasteiger partial charge is 0.238 e. The Kier molecular flexibility index (Phi) is 4.18. The third-order valence-corrected chi connectivity index (χ3v) is 6.62. The molecule has 0 spiro atoms. The summed E-state index contributed by atoms with van der Waals surface area (Å²) in [5, 5.41) is 0.464. The number of carbonyl (C=O) groups excluding carboxylic acids is 1. The first-order valence-electron chi connectivity index (χ1n) is 7.38. The summed E-state index contributed by atoms with van der Waals surface area (Å²) in [6, 6.07) is 6.02. The molecule has 2 aliphatic rings. The average molecular weight is 343 g/mol. The number of likely N-dealkylation sites (tertiary alicyclic amines) is 1. The Morgan fingerprint density at radius 3 is 2.55 bits per heavy atom. The number of carbonyl (C=O) groups is 1. The zero-order valence-corrected chi connectivity index (χ0v) is 13.7. The number of nitrogens with two attached hydrogens (primary N) is 1. The van der Waals surface area contributed by atoms with Gasteiger partial charge in [-0.25, -0.2) is 8.42 Å². The number of rotatable bonds is 3. The summed E-state index contributed by atoms with van der Waals surface area (Å²) < 4.78 is 24.6. The molecule has 0 aromatic heterocycles. The lowest BCUT2D eigenvalue weighted by atomic mass is 9.98. The molecule has 22 heavy (non-hydrogen) atoms. The molecule has 2 fully saturated rings. The highest BCUT2D eigenvalue weighted by molar-refractivity contribution is 7.92. The van der Waals surface area contributed by atoms with Crippen molar-refractivity contribution in [3.63, 3.8) is 0 Å². The molecule has 0 bridgehead atoms. The maximum Gasteiger partial charge on any atom is 0.238 e. The molecule has 1 saturated heterocycles. The van der Waals surface area contributed by atoms with Crippen LogP contribution >= 0.6 is 11.6 Å². The van der Waals surface area contributed by atoms with Crippen molar-refractivity contribution in [2.24, 2.45) is 17.6 Å². The van der Waals surface area contributed by atoms with Crippen molar-refractivity contribution in [2.45, 2.75) is 23.8 Å². The van der Waals surface area contributed by atoms with E-state index in [0.717, 1.165) is 12.8 Å². The Hall–Kier alpha value is -1.11. The number of hydrogen-bond donors (Lipinski definition) is 1. The number of nitrogens with zero attached hydrogens (tertiary/aromatic N) is 1. The summed E-state index contributed by atoms with van der Waals surface area (Å²) in [5.74, 6) is -0.0838. The lowest BCUT2D eigenvalue weighted by Crippen LogP contribution is -2.36. The fourth-order valence-corrected chi connectivity index (χ4v) is 4.84. The van der Waals surface area contributed by atoms with Gasteiger partial charge >= 0.3 is 0 Å². The van der Waals surface area contributed by atoms with Crippen molar-refractivity contribution in [3.8, 4) is 0 Å². The van der Waals surface area contributed by atoms with Gasteiger partial charge in [-0.3, -0.25) is 4.79 Å². The van der Waals surface area contributed by atoms with E-state index in [-0.39, 0.29) is 16.8 Å². The second kappa shape index (κ2) is 5.83. The predicted molar refractivity (Wildman–Crippen MR) is 84.3 cm³/mol. The van der Waals surface area contributed by atoms with Gasteiger partial charge in [0, 0.05) is 24.2 Å². The molecule has 7 heteroatoms. The largest absolute Gasteiger partial charge is 0.341 e. The molecule has 3 rings (SSSR count). The first-order valence-corrected chi connectivity index (χ1v) is 9.41. The fraction of sp³-hybridized carbons (Fsp3) is 0.533. The molecule has 1 aromatic carbocycles. The van der Waals surface area contributed by atoms with Crippen LogP contribution in [0.2, 0.25) is 5.02 Å². The van der Waals surface area contributed by atoms with Crippen LogP contribution in [-0.4, -0.2) is 44.1 Å². The number of sulfone groups is 1. The monoisotopic (exact) mass is 342 g/mol. The summed E-state index contributed by atoms with van der Waals surface area (Å²) in [6.07, 6.45) is 2.03. The minimum Gasteiger partial charge on any atom is -0.341 e. The van der Waals surface area contributed by atoms with Crippen LogP contribution < -0.4 is 5.73 Å². The Morgan fingerprint density at radius 1 is 1.23 bits per heavy atom. The van der Waals surface area contributed by atoms with Gasteiger partial charge in [-0.05, 0) is 48.9 Å². The van der Waals surface area contributed by atoms with E-state index in [2.05, 4.69) is 0 Å². The van der Waals surface area contributed by atoms with Crippen LogP contribution in [-0.2, 0) is 14.6 Å². The number of hydrogen-bond acceptors (Lipinski definition) is 4. The van der Waals surface area contributed by atoms with E-state index < -0.39 is 15.6 Å². The molecule has 1 aromatic rings.